The molecule has 0 aliphatic carbocycles. The number of ether oxygens (including phenoxy) is 2. The predicted molar refractivity (Wildman–Crippen MR) is 105 cm³/mol. The highest BCUT2D eigenvalue weighted by molar-refractivity contribution is 7.62. The monoisotopic (exact) mass is 415 g/mol. The molecule has 0 bridgehead atoms. The molecule has 0 radical (unpaired) electrons. The van der Waals surface area contributed by atoms with Gasteiger partial charge in [0.15, 0.2) is 0 Å². The van der Waals surface area contributed by atoms with Gasteiger partial charge >= 0.3 is 19.5 Å². The Hall–Kier alpha value is -1.73. The maximum absolute atomic E-state index is 13.4. The summed E-state index contributed by atoms with van der Waals surface area (Å²) >= 11 is 0. The summed E-state index contributed by atoms with van der Waals surface area (Å²) in [7, 11) is -3.85. The van der Waals surface area contributed by atoms with Gasteiger partial charge in [-0.25, -0.2) is 9.59 Å². The van der Waals surface area contributed by atoms with Gasteiger partial charge in [-0.2, -0.15) is 0 Å². The Morgan fingerprint density at radius 3 is 1.96 bits per heavy atom. The lowest BCUT2D eigenvalue weighted by Crippen LogP contribution is -2.57. The normalized spacial score (nSPS) is 14.2. The van der Waals surface area contributed by atoms with E-state index < -0.39 is 30.7 Å². The molecule has 1 rings (SSSR count). The zero-order chi connectivity index (χ0) is 21.6. The van der Waals surface area contributed by atoms with Crippen molar-refractivity contribution in [3.8, 4) is 0 Å². The van der Waals surface area contributed by atoms with Crippen molar-refractivity contribution in [2.75, 3.05) is 19.8 Å². The Kier molecular flexibility index (Phi) is 8.38. The van der Waals surface area contributed by atoms with Crippen LogP contribution in [0, 0.1) is 0 Å². The number of carbonyl (C=O) groups excluding carboxylic acids is 2. The summed E-state index contributed by atoms with van der Waals surface area (Å²) in [4.78, 5) is 25.7. The van der Waals surface area contributed by atoms with Crippen LogP contribution in [0.25, 0.3) is 0 Å². The van der Waals surface area contributed by atoms with Crippen molar-refractivity contribution in [2.24, 2.45) is 5.73 Å². The second-order valence-electron chi connectivity index (χ2n) is 6.88. The van der Waals surface area contributed by atoms with Gasteiger partial charge in [0.2, 0.25) is 5.54 Å². The van der Waals surface area contributed by atoms with E-state index in [1.807, 2.05) is 0 Å². The molecule has 1 atom stereocenters. The highest BCUT2D eigenvalue weighted by Crippen LogP contribution is 2.49. The molecule has 1 aromatic rings. The molecule has 0 saturated carbocycles. The number of carbonyl (C=O) groups is 2. The standard InChI is InChI=1S/C19H30NO7P/c1-7-24-16(21)19(20,17(22)27-18(4,5)6)14-12-10-11-13-15(14)28(23,25-8-2)26-9-3/h10-13H,7-9,20H2,1-6H3. The largest absolute Gasteiger partial charge is 0.464 e. The molecule has 8 nitrogen and oxygen atoms in total. The van der Waals surface area contributed by atoms with Crippen LogP contribution in [0.5, 0.6) is 0 Å². The Morgan fingerprint density at radius 1 is 0.964 bits per heavy atom. The quantitative estimate of drug-likeness (QED) is 0.372. The molecule has 158 valence electrons. The van der Waals surface area contributed by atoms with Gasteiger partial charge in [0.05, 0.1) is 25.1 Å². The zero-order valence-electron chi connectivity index (χ0n) is 17.3. The number of esters is 2. The van der Waals surface area contributed by atoms with Crippen LogP contribution in [-0.2, 0) is 38.2 Å². The SMILES string of the molecule is CCOC(=O)C(N)(C(=O)OC(C)(C)C)c1ccccc1P(=O)(OCC)OCC. The van der Waals surface area contributed by atoms with Gasteiger partial charge in [0.1, 0.15) is 5.60 Å². The molecule has 0 amide bonds. The van der Waals surface area contributed by atoms with E-state index in [-0.39, 0.29) is 30.7 Å². The minimum Gasteiger partial charge on any atom is -0.464 e. The van der Waals surface area contributed by atoms with E-state index in [0.29, 0.717) is 0 Å². The van der Waals surface area contributed by atoms with E-state index in [1.165, 1.54) is 12.1 Å². The first-order chi connectivity index (χ1) is 13.0. The van der Waals surface area contributed by atoms with Gasteiger partial charge in [0.25, 0.3) is 0 Å². The van der Waals surface area contributed by atoms with Crippen LogP contribution in [0.15, 0.2) is 24.3 Å². The van der Waals surface area contributed by atoms with Gasteiger partial charge in [-0.15, -0.1) is 0 Å². The molecule has 9 heteroatoms. The molecule has 1 aromatic carbocycles. The van der Waals surface area contributed by atoms with Crippen LogP contribution in [0.1, 0.15) is 47.1 Å². The van der Waals surface area contributed by atoms with E-state index in [1.54, 1.807) is 53.7 Å². The molecule has 0 aliphatic rings. The second-order valence-corrected chi connectivity index (χ2v) is 8.87. The molecule has 0 saturated heterocycles. The number of hydrogen-bond donors (Lipinski definition) is 1. The second kappa shape index (κ2) is 9.65. The Balaban J connectivity index is 3.70. The summed E-state index contributed by atoms with van der Waals surface area (Å²) in [6.07, 6.45) is 0. The van der Waals surface area contributed by atoms with Crippen molar-refractivity contribution >= 4 is 24.8 Å². The minimum absolute atomic E-state index is 0.00265. The number of benzene rings is 1. The molecular formula is C19H30NO7P. The number of nitrogens with two attached hydrogens (primary N) is 1. The van der Waals surface area contributed by atoms with Gasteiger partial charge in [0, 0.05) is 5.56 Å². The lowest BCUT2D eigenvalue weighted by Gasteiger charge is -2.32. The van der Waals surface area contributed by atoms with Crippen molar-refractivity contribution < 1.29 is 32.7 Å². The van der Waals surface area contributed by atoms with Crippen LogP contribution in [0.3, 0.4) is 0 Å². The van der Waals surface area contributed by atoms with Gasteiger partial charge in [-0.05, 0) is 47.6 Å². The van der Waals surface area contributed by atoms with Crippen LogP contribution >= 0.6 is 7.60 Å². The summed E-state index contributed by atoms with van der Waals surface area (Å²) in [5.41, 5.74) is 3.01. The Labute approximate surface area is 166 Å². The molecule has 2 N–H and O–H groups in total. The van der Waals surface area contributed by atoms with E-state index in [2.05, 4.69) is 0 Å². The summed E-state index contributed by atoms with van der Waals surface area (Å²) in [6, 6.07) is 6.02. The van der Waals surface area contributed by atoms with E-state index in [0.717, 1.165) is 0 Å². The third-order valence-electron chi connectivity index (χ3n) is 3.54. The molecule has 0 heterocycles. The molecule has 0 aliphatic heterocycles. The third-order valence-corrected chi connectivity index (χ3v) is 5.72. The van der Waals surface area contributed by atoms with Gasteiger partial charge in [-0.3, -0.25) is 4.57 Å². The Morgan fingerprint density at radius 2 is 1.50 bits per heavy atom. The van der Waals surface area contributed by atoms with Crippen molar-refractivity contribution in [2.45, 2.75) is 52.7 Å². The zero-order valence-corrected chi connectivity index (χ0v) is 18.2. The topological polar surface area (TPSA) is 114 Å². The highest BCUT2D eigenvalue weighted by Gasteiger charge is 2.51. The van der Waals surface area contributed by atoms with Crippen molar-refractivity contribution in [3.63, 3.8) is 0 Å². The molecule has 28 heavy (non-hydrogen) atoms. The Bertz CT molecular complexity index is 734. The first kappa shape index (κ1) is 24.3. The summed E-state index contributed by atoms with van der Waals surface area (Å²) in [5.74, 6) is -2.04. The molecule has 0 aromatic heterocycles. The van der Waals surface area contributed by atoms with E-state index in [9.17, 15) is 14.2 Å². The van der Waals surface area contributed by atoms with E-state index in [4.69, 9.17) is 24.3 Å². The van der Waals surface area contributed by atoms with E-state index >= 15 is 0 Å². The summed E-state index contributed by atoms with van der Waals surface area (Å²) in [5, 5.41) is 0.0140. The third kappa shape index (κ3) is 5.41. The van der Waals surface area contributed by atoms with Gasteiger partial charge in [-0.1, -0.05) is 18.2 Å². The summed E-state index contributed by atoms with van der Waals surface area (Å²) in [6.45, 7) is 10.0. The first-order valence-electron chi connectivity index (χ1n) is 9.15. The smallest absolute Gasteiger partial charge is 0.361 e. The highest BCUT2D eigenvalue weighted by atomic mass is 31.2. The van der Waals surface area contributed by atoms with Crippen molar-refractivity contribution in [3.05, 3.63) is 29.8 Å². The summed E-state index contributed by atoms with van der Waals surface area (Å²) < 4.78 is 34.6. The van der Waals surface area contributed by atoms with Crippen LogP contribution < -0.4 is 11.0 Å². The molecular weight excluding hydrogens is 385 g/mol. The fourth-order valence-corrected chi connectivity index (χ4v) is 4.32. The average Bonchev–Trinajstić information content (AvgIpc) is 2.60. The van der Waals surface area contributed by atoms with Crippen LogP contribution in [0.2, 0.25) is 0 Å². The van der Waals surface area contributed by atoms with Crippen molar-refractivity contribution in [1.29, 1.82) is 0 Å². The molecule has 1 unspecified atom stereocenters. The maximum Gasteiger partial charge on any atom is 0.361 e. The fraction of sp³-hybridized carbons (Fsp3) is 0.579. The maximum atomic E-state index is 13.4. The lowest BCUT2D eigenvalue weighted by molar-refractivity contribution is -0.172. The number of rotatable bonds is 9. The molecule has 0 spiro atoms. The lowest BCUT2D eigenvalue weighted by atomic mass is 9.90. The predicted octanol–water partition coefficient (Wildman–Crippen LogP) is 2.64. The fourth-order valence-electron chi connectivity index (χ4n) is 2.47. The first-order valence-corrected chi connectivity index (χ1v) is 10.7. The van der Waals surface area contributed by atoms with Crippen LogP contribution in [0.4, 0.5) is 0 Å². The van der Waals surface area contributed by atoms with Crippen molar-refractivity contribution in [1.82, 2.24) is 0 Å². The van der Waals surface area contributed by atoms with Gasteiger partial charge < -0.3 is 24.3 Å². The average molecular weight is 415 g/mol. The van der Waals surface area contributed by atoms with Crippen LogP contribution in [-0.4, -0.2) is 37.4 Å². The number of hydrogen-bond acceptors (Lipinski definition) is 8. The molecule has 0 fully saturated rings. The minimum atomic E-state index is -3.85.